The molecule has 1 amide bonds. The zero-order chi connectivity index (χ0) is 25.6. The van der Waals surface area contributed by atoms with Crippen LogP contribution in [0.4, 0.5) is 10.2 Å². The number of fused-ring (bicyclic) bond motifs is 1. The van der Waals surface area contributed by atoms with E-state index in [4.69, 9.17) is 0 Å². The van der Waals surface area contributed by atoms with Gasteiger partial charge in [0.2, 0.25) is 10.0 Å². The highest BCUT2D eigenvalue weighted by molar-refractivity contribution is 7.89. The van der Waals surface area contributed by atoms with Gasteiger partial charge in [0, 0.05) is 56.9 Å². The maximum atomic E-state index is 13.8. The van der Waals surface area contributed by atoms with Crippen molar-refractivity contribution in [1.29, 1.82) is 0 Å². The minimum absolute atomic E-state index is 0.0225. The molecule has 5 heterocycles. The van der Waals surface area contributed by atoms with Crippen LogP contribution >= 0.6 is 0 Å². The number of imidazole rings is 1. The summed E-state index contributed by atoms with van der Waals surface area (Å²) in [7, 11) is -2.18. The molecule has 36 heavy (non-hydrogen) atoms. The number of hydrogen-bond acceptors (Lipinski definition) is 7. The number of amides is 1. The maximum Gasteiger partial charge on any atom is 0.268 e. The third-order valence-electron chi connectivity index (χ3n) is 6.89. The van der Waals surface area contributed by atoms with E-state index in [0.717, 1.165) is 5.69 Å². The quantitative estimate of drug-likeness (QED) is 0.490. The highest BCUT2D eigenvalue weighted by Gasteiger charge is 2.34. The van der Waals surface area contributed by atoms with E-state index in [2.05, 4.69) is 15.3 Å². The molecule has 2 aliphatic heterocycles. The molecule has 0 aromatic carbocycles. The number of anilines is 1. The number of carbonyl (C=O) groups excluding carboxylic acids is 1. The van der Waals surface area contributed by atoms with E-state index in [-0.39, 0.29) is 36.8 Å². The van der Waals surface area contributed by atoms with Crippen LogP contribution in [0.5, 0.6) is 0 Å². The number of nitrogens with zero attached hydrogens (tertiary/aromatic N) is 6. The van der Waals surface area contributed by atoms with E-state index in [1.807, 2.05) is 4.57 Å². The first-order chi connectivity index (χ1) is 17.2. The standard InChI is InChI=1S/C23H28FN7O4S/c1-15-21(36(34,35)31-7-6-29-14-25-10-17(29)11-31)8-19(28(15)2)23(33)27-9-16-4-3-5-26-22(16)30-12-18(24)20(32)13-30/h3-5,8,10,14,18,20,32H,6-7,9,11-13H2,1-2H3,(H,27,33)/t18?,20-/m1/s1. The van der Waals surface area contributed by atoms with Gasteiger partial charge in [-0.2, -0.15) is 4.31 Å². The van der Waals surface area contributed by atoms with Gasteiger partial charge in [-0.15, -0.1) is 0 Å². The van der Waals surface area contributed by atoms with E-state index < -0.39 is 28.2 Å². The summed E-state index contributed by atoms with van der Waals surface area (Å²) in [6, 6.07) is 4.89. The lowest BCUT2D eigenvalue weighted by Crippen LogP contribution is -2.38. The largest absolute Gasteiger partial charge is 0.388 e. The fraction of sp³-hybridized carbons (Fsp3) is 0.435. The lowest BCUT2D eigenvalue weighted by atomic mass is 10.2. The number of pyridine rings is 1. The van der Waals surface area contributed by atoms with Crippen LogP contribution in [-0.4, -0.2) is 74.7 Å². The smallest absolute Gasteiger partial charge is 0.268 e. The van der Waals surface area contributed by atoms with Crippen molar-refractivity contribution in [2.75, 3.05) is 24.5 Å². The Bertz CT molecular complexity index is 1390. The lowest BCUT2D eigenvalue weighted by Gasteiger charge is -2.27. The number of carbonyl (C=O) groups is 1. The molecule has 2 atom stereocenters. The molecule has 0 spiro atoms. The summed E-state index contributed by atoms with van der Waals surface area (Å²) in [6.07, 6.45) is 2.47. The molecule has 11 nitrogen and oxygen atoms in total. The maximum absolute atomic E-state index is 13.8. The molecular formula is C23H28FN7O4S. The normalized spacial score (nSPS) is 20.5. The molecule has 3 aromatic heterocycles. The summed E-state index contributed by atoms with van der Waals surface area (Å²) in [6.45, 7) is 2.96. The topological polar surface area (TPSA) is 126 Å². The number of aliphatic hydroxyl groups is 1. The van der Waals surface area contributed by atoms with Gasteiger partial charge < -0.3 is 24.5 Å². The Morgan fingerprint density at radius 3 is 2.86 bits per heavy atom. The van der Waals surface area contributed by atoms with Crippen molar-refractivity contribution in [3.8, 4) is 0 Å². The van der Waals surface area contributed by atoms with Gasteiger partial charge in [-0.1, -0.05) is 6.07 Å². The number of β-amino-alcohol motifs (C(OH)–C–C–N with tert-alkyl or cyclic N) is 1. The highest BCUT2D eigenvalue weighted by atomic mass is 32.2. The molecule has 2 aliphatic rings. The first-order valence-electron chi connectivity index (χ1n) is 11.6. The van der Waals surface area contributed by atoms with E-state index >= 15 is 0 Å². The first kappa shape index (κ1) is 24.4. The van der Waals surface area contributed by atoms with Crippen molar-refractivity contribution in [3.05, 3.63) is 59.6 Å². The third kappa shape index (κ3) is 4.27. The molecule has 2 N–H and O–H groups in total. The van der Waals surface area contributed by atoms with Crippen molar-refractivity contribution in [2.45, 2.75) is 43.7 Å². The van der Waals surface area contributed by atoms with Gasteiger partial charge in [-0.25, -0.2) is 22.8 Å². The molecule has 1 fully saturated rings. The van der Waals surface area contributed by atoms with E-state index in [9.17, 15) is 22.7 Å². The van der Waals surface area contributed by atoms with E-state index in [1.54, 1.807) is 54.3 Å². The number of halogens is 1. The van der Waals surface area contributed by atoms with Gasteiger partial charge in [0.25, 0.3) is 5.91 Å². The fourth-order valence-electron chi connectivity index (χ4n) is 4.69. The van der Waals surface area contributed by atoms with Crippen LogP contribution in [0, 0.1) is 6.92 Å². The van der Waals surface area contributed by atoms with Gasteiger partial charge in [-0.3, -0.25) is 4.79 Å². The van der Waals surface area contributed by atoms with Crippen molar-refractivity contribution in [3.63, 3.8) is 0 Å². The highest BCUT2D eigenvalue weighted by Crippen LogP contribution is 2.27. The van der Waals surface area contributed by atoms with Gasteiger partial charge in [0.1, 0.15) is 28.7 Å². The zero-order valence-corrected chi connectivity index (χ0v) is 20.8. The van der Waals surface area contributed by atoms with Crippen molar-refractivity contribution < 1.29 is 22.7 Å². The number of sulfonamides is 1. The molecule has 0 aliphatic carbocycles. The molecule has 0 bridgehead atoms. The number of alkyl halides is 1. The van der Waals surface area contributed by atoms with Gasteiger partial charge in [0.15, 0.2) is 0 Å². The number of rotatable bonds is 6. The van der Waals surface area contributed by atoms with E-state index in [1.165, 1.54) is 10.4 Å². The lowest BCUT2D eigenvalue weighted by molar-refractivity contribution is 0.0942. The first-order valence-corrected chi connectivity index (χ1v) is 13.1. The second-order valence-corrected chi connectivity index (χ2v) is 11.0. The number of aliphatic hydroxyl groups excluding tert-OH is 1. The number of aromatic nitrogens is 4. The predicted octanol–water partition coefficient (Wildman–Crippen LogP) is 0.579. The van der Waals surface area contributed by atoms with Crippen molar-refractivity contribution in [1.82, 2.24) is 28.7 Å². The molecule has 1 saturated heterocycles. The predicted molar refractivity (Wildman–Crippen MR) is 128 cm³/mol. The van der Waals surface area contributed by atoms with Gasteiger partial charge in [0.05, 0.1) is 25.1 Å². The summed E-state index contributed by atoms with van der Waals surface area (Å²) < 4.78 is 45.6. The van der Waals surface area contributed by atoms with Crippen LogP contribution < -0.4 is 10.2 Å². The molecule has 0 saturated carbocycles. The minimum Gasteiger partial charge on any atom is -0.388 e. The zero-order valence-electron chi connectivity index (χ0n) is 20.0. The second-order valence-electron chi connectivity index (χ2n) is 9.11. The van der Waals surface area contributed by atoms with Crippen LogP contribution in [0.25, 0.3) is 0 Å². The Kier molecular flexibility index (Phi) is 6.30. The van der Waals surface area contributed by atoms with Crippen molar-refractivity contribution >= 4 is 21.7 Å². The summed E-state index contributed by atoms with van der Waals surface area (Å²) in [5.74, 6) is 0.0473. The molecule has 1 unspecified atom stereocenters. The fourth-order valence-corrected chi connectivity index (χ4v) is 6.37. The summed E-state index contributed by atoms with van der Waals surface area (Å²) in [4.78, 5) is 23.2. The Hall–Kier alpha value is -3.29. The molecule has 0 radical (unpaired) electrons. The van der Waals surface area contributed by atoms with Crippen LogP contribution in [0.3, 0.4) is 0 Å². The molecule has 13 heteroatoms. The Labute approximate surface area is 208 Å². The summed E-state index contributed by atoms with van der Waals surface area (Å²) >= 11 is 0. The average molecular weight is 518 g/mol. The van der Waals surface area contributed by atoms with Crippen molar-refractivity contribution in [2.24, 2.45) is 7.05 Å². The number of hydrogen-bond donors (Lipinski definition) is 2. The third-order valence-corrected chi connectivity index (χ3v) is 8.85. The summed E-state index contributed by atoms with van der Waals surface area (Å²) in [5.41, 5.74) is 2.14. The second kappa shape index (κ2) is 9.30. The molecular weight excluding hydrogens is 489 g/mol. The SMILES string of the molecule is Cc1c(S(=O)(=O)N2CCn3cncc3C2)cc(C(=O)NCc2cccnc2N2CC(F)[C@H](O)C2)n1C. The van der Waals surface area contributed by atoms with Gasteiger partial charge >= 0.3 is 0 Å². The van der Waals surface area contributed by atoms with Crippen LogP contribution in [0.2, 0.25) is 0 Å². The molecule has 3 aromatic rings. The van der Waals surface area contributed by atoms with E-state index in [0.29, 0.717) is 30.2 Å². The Morgan fingerprint density at radius 1 is 1.31 bits per heavy atom. The van der Waals surface area contributed by atoms with Gasteiger partial charge in [-0.05, 0) is 19.1 Å². The average Bonchev–Trinajstić information content (AvgIpc) is 3.55. The van der Waals surface area contributed by atoms with Crippen LogP contribution in [0.1, 0.15) is 27.4 Å². The Morgan fingerprint density at radius 2 is 2.11 bits per heavy atom. The summed E-state index contributed by atoms with van der Waals surface area (Å²) in [5, 5.41) is 12.6. The molecule has 5 rings (SSSR count). The number of nitrogens with one attached hydrogen (secondary N) is 1. The monoisotopic (exact) mass is 517 g/mol. The van der Waals surface area contributed by atoms with Crippen LogP contribution in [-0.2, 0) is 36.7 Å². The van der Waals surface area contributed by atoms with Crippen LogP contribution in [0.15, 0.2) is 41.8 Å². The molecule has 192 valence electrons. The Balaban J connectivity index is 1.33. The minimum atomic E-state index is -3.83.